The molecular formula is C17H16N2O2. The molecule has 3 aromatic rings. The van der Waals surface area contributed by atoms with E-state index in [9.17, 15) is 4.79 Å². The summed E-state index contributed by atoms with van der Waals surface area (Å²) < 4.78 is 5.23. The number of nitrogens with one attached hydrogen (secondary N) is 1. The average Bonchev–Trinajstić information content (AvgIpc) is 2.50. The molecule has 0 amide bonds. The van der Waals surface area contributed by atoms with Crippen LogP contribution in [0.2, 0.25) is 0 Å². The Morgan fingerprint density at radius 3 is 2.62 bits per heavy atom. The van der Waals surface area contributed by atoms with Crippen LogP contribution in [0.1, 0.15) is 16.7 Å². The largest absolute Gasteiger partial charge is 0.389 e. The van der Waals surface area contributed by atoms with Crippen molar-refractivity contribution in [2.75, 3.05) is 5.32 Å². The van der Waals surface area contributed by atoms with Crippen LogP contribution in [0.5, 0.6) is 0 Å². The van der Waals surface area contributed by atoms with Crippen LogP contribution in [-0.2, 0) is 6.54 Å². The first-order chi connectivity index (χ1) is 10.1. The fraction of sp³-hybridized carbons (Fsp3) is 0.176. The summed E-state index contributed by atoms with van der Waals surface area (Å²) in [4.78, 5) is 16.5. The fourth-order valence-electron chi connectivity index (χ4n) is 2.23. The van der Waals surface area contributed by atoms with E-state index in [1.807, 2.05) is 50.2 Å². The van der Waals surface area contributed by atoms with Gasteiger partial charge in [0.1, 0.15) is 0 Å². The van der Waals surface area contributed by atoms with Crippen LogP contribution >= 0.6 is 0 Å². The van der Waals surface area contributed by atoms with Gasteiger partial charge in [-0.1, -0.05) is 36.4 Å². The zero-order valence-corrected chi connectivity index (χ0v) is 12.0. The highest BCUT2D eigenvalue weighted by molar-refractivity contribution is 5.82. The standard InChI is InChI=1S/C17H16N2O2/c1-11-8-9-14-15(12(11)2)19-17(21-16(14)20)18-10-13-6-4-3-5-7-13/h3-9H,10H2,1-2H3,(H,18,19). The molecule has 1 heterocycles. The van der Waals surface area contributed by atoms with Crippen molar-refractivity contribution in [1.82, 2.24) is 4.98 Å². The summed E-state index contributed by atoms with van der Waals surface area (Å²) in [6.07, 6.45) is 0. The first kappa shape index (κ1) is 13.4. The highest BCUT2D eigenvalue weighted by Crippen LogP contribution is 2.18. The van der Waals surface area contributed by atoms with E-state index in [-0.39, 0.29) is 11.6 Å². The molecule has 0 bridgehead atoms. The van der Waals surface area contributed by atoms with Gasteiger partial charge in [-0.25, -0.2) is 4.79 Å². The van der Waals surface area contributed by atoms with Crippen molar-refractivity contribution in [2.45, 2.75) is 20.4 Å². The van der Waals surface area contributed by atoms with Gasteiger partial charge in [0.05, 0.1) is 10.9 Å². The van der Waals surface area contributed by atoms with Crippen molar-refractivity contribution in [3.8, 4) is 0 Å². The summed E-state index contributed by atoms with van der Waals surface area (Å²) in [6, 6.07) is 13.8. The first-order valence-corrected chi connectivity index (χ1v) is 6.84. The van der Waals surface area contributed by atoms with Gasteiger partial charge in [-0.05, 0) is 36.6 Å². The van der Waals surface area contributed by atoms with E-state index < -0.39 is 0 Å². The second kappa shape index (κ2) is 5.40. The molecule has 21 heavy (non-hydrogen) atoms. The lowest BCUT2D eigenvalue weighted by Crippen LogP contribution is -2.09. The maximum absolute atomic E-state index is 12.0. The second-order valence-corrected chi connectivity index (χ2v) is 5.05. The Hall–Kier alpha value is -2.62. The third kappa shape index (κ3) is 2.65. The third-order valence-corrected chi connectivity index (χ3v) is 3.61. The molecule has 1 aromatic heterocycles. The molecule has 0 saturated carbocycles. The quantitative estimate of drug-likeness (QED) is 0.798. The molecule has 0 atom stereocenters. The molecule has 0 aliphatic carbocycles. The van der Waals surface area contributed by atoms with Crippen molar-refractivity contribution in [1.29, 1.82) is 0 Å². The molecule has 0 aliphatic rings. The Morgan fingerprint density at radius 1 is 1.10 bits per heavy atom. The number of hydrogen-bond acceptors (Lipinski definition) is 4. The minimum Gasteiger partial charge on any atom is -0.389 e. The SMILES string of the molecule is Cc1ccc2c(=O)oc(NCc3ccccc3)nc2c1C. The van der Waals surface area contributed by atoms with E-state index in [0.29, 0.717) is 17.4 Å². The Bertz CT molecular complexity index is 839. The number of benzene rings is 2. The van der Waals surface area contributed by atoms with Crippen molar-refractivity contribution >= 4 is 16.9 Å². The lowest BCUT2D eigenvalue weighted by Gasteiger charge is -2.07. The van der Waals surface area contributed by atoms with Crippen molar-refractivity contribution in [2.24, 2.45) is 0 Å². The van der Waals surface area contributed by atoms with Gasteiger partial charge in [0.25, 0.3) is 6.01 Å². The van der Waals surface area contributed by atoms with Gasteiger partial charge >= 0.3 is 5.63 Å². The van der Waals surface area contributed by atoms with Crippen LogP contribution in [0.3, 0.4) is 0 Å². The minimum absolute atomic E-state index is 0.255. The Labute approximate surface area is 122 Å². The Kier molecular flexibility index (Phi) is 3.44. The minimum atomic E-state index is -0.362. The molecular weight excluding hydrogens is 264 g/mol. The summed E-state index contributed by atoms with van der Waals surface area (Å²) in [5, 5.41) is 3.58. The van der Waals surface area contributed by atoms with E-state index in [4.69, 9.17) is 4.42 Å². The van der Waals surface area contributed by atoms with E-state index in [1.54, 1.807) is 6.07 Å². The molecule has 0 unspecified atom stereocenters. The molecule has 4 nitrogen and oxygen atoms in total. The van der Waals surface area contributed by atoms with Crippen LogP contribution in [-0.4, -0.2) is 4.98 Å². The van der Waals surface area contributed by atoms with Crippen LogP contribution in [0.15, 0.2) is 51.7 Å². The zero-order chi connectivity index (χ0) is 14.8. The Balaban J connectivity index is 1.97. The van der Waals surface area contributed by atoms with Crippen molar-refractivity contribution in [3.05, 3.63) is 69.6 Å². The lowest BCUT2D eigenvalue weighted by molar-refractivity contribution is 0.516. The van der Waals surface area contributed by atoms with Gasteiger partial charge in [0, 0.05) is 6.54 Å². The summed E-state index contributed by atoms with van der Waals surface area (Å²) in [6.45, 7) is 4.53. The van der Waals surface area contributed by atoms with Gasteiger partial charge in [0.2, 0.25) is 0 Å². The molecule has 0 radical (unpaired) electrons. The number of anilines is 1. The molecule has 1 N–H and O–H groups in total. The first-order valence-electron chi connectivity index (χ1n) is 6.84. The second-order valence-electron chi connectivity index (χ2n) is 5.05. The number of fused-ring (bicyclic) bond motifs is 1. The summed E-state index contributed by atoms with van der Waals surface area (Å²) in [7, 11) is 0. The monoisotopic (exact) mass is 280 g/mol. The number of hydrogen-bond donors (Lipinski definition) is 1. The topological polar surface area (TPSA) is 55.1 Å². The number of rotatable bonds is 3. The maximum atomic E-state index is 12.0. The van der Waals surface area contributed by atoms with Gasteiger partial charge in [-0.15, -0.1) is 0 Å². The van der Waals surface area contributed by atoms with Crippen LogP contribution in [0.4, 0.5) is 6.01 Å². The normalized spacial score (nSPS) is 10.8. The van der Waals surface area contributed by atoms with E-state index >= 15 is 0 Å². The molecule has 106 valence electrons. The van der Waals surface area contributed by atoms with Crippen LogP contribution in [0, 0.1) is 13.8 Å². The smallest absolute Gasteiger partial charge is 0.348 e. The van der Waals surface area contributed by atoms with Gasteiger partial charge in [-0.2, -0.15) is 4.98 Å². The zero-order valence-electron chi connectivity index (χ0n) is 12.0. The van der Waals surface area contributed by atoms with Gasteiger partial charge in [-0.3, -0.25) is 0 Å². The number of aromatic nitrogens is 1. The predicted octanol–water partition coefficient (Wildman–Crippen LogP) is 3.42. The van der Waals surface area contributed by atoms with Crippen LogP contribution < -0.4 is 10.9 Å². The van der Waals surface area contributed by atoms with Gasteiger partial charge < -0.3 is 9.73 Å². The molecule has 3 rings (SSSR count). The molecule has 2 aromatic carbocycles. The molecule has 0 aliphatic heterocycles. The van der Waals surface area contributed by atoms with E-state index in [0.717, 1.165) is 16.7 Å². The van der Waals surface area contributed by atoms with Crippen molar-refractivity contribution < 1.29 is 4.42 Å². The average molecular weight is 280 g/mol. The highest BCUT2D eigenvalue weighted by atomic mass is 16.4. The molecule has 0 fully saturated rings. The molecule has 0 spiro atoms. The fourth-order valence-corrected chi connectivity index (χ4v) is 2.23. The van der Waals surface area contributed by atoms with Crippen molar-refractivity contribution in [3.63, 3.8) is 0 Å². The summed E-state index contributed by atoms with van der Waals surface area (Å²) in [5.74, 6) is 0. The van der Waals surface area contributed by atoms with Gasteiger partial charge in [0.15, 0.2) is 0 Å². The lowest BCUT2D eigenvalue weighted by atomic mass is 10.1. The molecule has 4 heteroatoms. The van der Waals surface area contributed by atoms with E-state index in [2.05, 4.69) is 10.3 Å². The molecule has 0 saturated heterocycles. The number of nitrogens with zero attached hydrogens (tertiary/aromatic N) is 1. The summed E-state index contributed by atoms with van der Waals surface area (Å²) in [5.41, 5.74) is 3.54. The third-order valence-electron chi connectivity index (χ3n) is 3.61. The predicted molar refractivity (Wildman–Crippen MR) is 83.5 cm³/mol. The Morgan fingerprint density at radius 2 is 1.86 bits per heavy atom. The maximum Gasteiger partial charge on any atom is 0.348 e. The highest BCUT2D eigenvalue weighted by Gasteiger charge is 2.09. The number of aryl methyl sites for hydroxylation is 2. The van der Waals surface area contributed by atoms with E-state index in [1.165, 1.54) is 0 Å². The van der Waals surface area contributed by atoms with Crippen LogP contribution in [0.25, 0.3) is 10.9 Å². The summed E-state index contributed by atoms with van der Waals surface area (Å²) >= 11 is 0.